The van der Waals surface area contributed by atoms with Gasteiger partial charge in [0.15, 0.2) is 6.10 Å². The second kappa shape index (κ2) is 12.0. The average Bonchev–Trinajstić information content (AvgIpc) is 3.29. The fourth-order valence-electron chi connectivity index (χ4n) is 7.31. The van der Waals surface area contributed by atoms with Gasteiger partial charge in [-0.3, -0.25) is 14.4 Å². The summed E-state index contributed by atoms with van der Waals surface area (Å²) in [5.74, 6) is -2.50. The van der Waals surface area contributed by atoms with Crippen LogP contribution in [0, 0.1) is 0 Å². The molecular formula is C34H45NO11. The van der Waals surface area contributed by atoms with Crippen LogP contribution in [0.4, 0.5) is 0 Å². The monoisotopic (exact) mass is 643 g/mol. The van der Waals surface area contributed by atoms with Gasteiger partial charge >= 0.3 is 23.9 Å². The van der Waals surface area contributed by atoms with E-state index in [9.17, 15) is 29.4 Å². The van der Waals surface area contributed by atoms with Crippen LogP contribution in [-0.2, 0) is 56.6 Å². The number of aliphatic hydroxyl groups excluding tert-OH is 1. The van der Waals surface area contributed by atoms with Crippen molar-refractivity contribution in [3.63, 3.8) is 0 Å². The summed E-state index contributed by atoms with van der Waals surface area (Å²) in [5.41, 5.74) is -1.25. The maximum atomic E-state index is 13.1. The predicted octanol–water partition coefficient (Wildman–Crippen LogP) is 2.77. The number of rotatable bonds is 9. The summed E-state index contributed by atoms with van der Waals surface area (Å²) in [6.45, 7) is 10.4. The Labute approximate surface area is 268 Å². The van der Waals surface area contributed by atoms with Crippen LogP contribution in [-0.4, -0.2) is 87.6 Å². The minimum Gasteiger partial charge on any atom is -0.481 e. The number of carbonyl (C=O) groups is 4. The summed E-state index contributed by atoms with van der Waals surface area (Å²) in [5, 5.41) is 22.4. The third kappa shape index (κ3) is 6.14. The smallest absolute Gasteiger partial charge is 0.348 e. The van der Waals surface area contributed by atoms with Gasteiger partial charge in [-0.2, -0.15) is 0 Å². The Morgan fingerprint density at radius 3 is 2.35 bits per heavy atom. The molecule has 12 heteroatoms. The number of aliphatic hydroxyl groups is 2. The minimum atomic E-state index is -1.56. The maximum absolute atomic E-state index is 13.1. The summed E-state index contributed by atoms with van der Waals surface area (Å²) in [6.07, 6.45) is -0.607. The molecule has 252 valence electrons. The molecule has 0 amide bonds. The van der Waals surface area contributed by atoms with Crippen molar-refractivity contribution in [3.05, 3.63) is 40.7 Å². The van der Waals surface area contributed by atoms with Gasteiger partial charge in [0.25, 0.3) is 0 Å². The van der Waals surface area contributed by atoms with Crippen LogP contribution in [0.5, 0.6) is 5.75 Å². The second-order valence-electron chi connectivity index (χ2n) is 14.7. The van der Waals surface area contributed by atoms with Gasteiger partial charge in [0, 0.05) is 23.6 Å². The lowest BCUT2D eigenvalue weighted by Gasteiger charge is -2.61. The topological polar surface area (TPSA) is 158 Å². The van der Waals surface area contributed by atoms with E-state index in [2.05, 4.69) is 4.90 Å². The molecule has 4 aliphatic rings. The third-order valence-corrected chi connectivity index (χ3v) is 9.11. The quantitative estimate of drug-likeness (QED) is 0.300. The normalized spacial score (nSPS) is 27.0. The first-order valence-corrected chi connectivity index (χ1v) is 15.8. The van der Waals surface area contributed by atoms with E-state index >= 15 is 0 Å². The van der Waals surface area contributed by atoms with Crippen molar-refractivity contribution < 1.29 is 53.1 Å². The summed E-state index contributed by atoms with van der Waals surface area (Å²) < 4.78 is 28.2. The van der Waals surface area contributed by atoms with E-state index in [1.54, 1.807) is 47.6 Å². The average molecular weight is 644 g/mol. The number of carbonyl (C=O) groups excluding carboxylic acids is 4. The molecule has 46 heavy (non-hydrogen) atoms. The number of benzene rings is 1. The van der Waals surface area contributed by atoms with E-state index < -0.39 is 71.1 Å². The molecule has 2 aliphatic carbocycles. The van der Waals surface area contributed by atoms with E-state index in [-0.39, 0.29) is 31.2 Å². The highest BCUT2D eigenvalue weighted by Gasteiger charge is 2.71. The number of hydrogen-bond acceptors (Lipinski definition) is 12. The zero-order chi connectivity index (χ0) is 33.8. The van der Waals surface area contributed by atoms with Gasteiger partial charge in [-0.05, 0) is 79.6 Å². The molecule has 2 N–H and O–H groups in total. The van der Waals surface area contributed by atoms with Gasteiger partial charge in [0.05, 0.1) is 36.9 Å². The van der Waals surface area contributed by atoms with Crippen molar-refractivity contribution in [2.24, 2.45) is 0 Å². The summed E-state index contributed by atoms with van der Waals surface area (Å²) in [4.78, 5) is 53.3. The number of likely N-dealkylation sites (N-methyl/N-ethyl adjacent to an activating group) is 1. The van der Waals surface area contributed by atoms with Crippen molar-refractivity contribution in [1.29, 1.82) is 0 Å². The second-order valence-corrected chi connectivity index (χ2v) is 14.7. The number of hydrogen-bond donors (Lipinski definition) is 2. The lowest BCUT2D eigenvalue weighted by atomic mass is 9.50. The predicted molar refractivity (Wildman–Crippen MR) is 162 cm³/mol. The van der Waals surface area contributed by atoms with E-state index in [0.29, 0.717) is 30.7 Å². The van der Waals surface area contributed by atoms with Gasteiger partial charge in [0.2, 0.25) is 6.10 Å². The number of esters is 4. The highest BCUT2D eigenvalue weighted by molar-refractivity contribution is 5.85. The van der Waals surface area contributed by atoms with E-state index in [1.165, 1.54) is 0 Å². The largest absolute Gasteiger partial charge is 0.481 e. The lowest BCUT2D eigenvalue weighted by molar-refractivity contribution is -0.181. The molecule has 1 aromatic carbocycles. The van der Waals surface area contributed by atoms with Crippen LogP contribution in [0.2, 0.25) is 0 Å². The van der Waals surface area contributed by atoms with Crippen molar-refractivity contribution in [3.8, 4) is 5.75 Å². The SMILES string of the molecule is CN1CC[C@]23c4c5ccc(CO)c4O[C@H]2C(OC(=O)CCC(=O)O[C@@H](CC(=O)OC(C)(C)C)C(=O)OC(C)(C)C)=CC[C@@]3(O)[C@H]1C5. The fraction of sp³-hybridized carbons (Fsp3) is 0.647. The van der Waals surface area contributed by atoms with Gasteiger partial charge in [-0.15, -0.1) is 0 Å². The molecule has 1 aromatic rings. The van der Waals surface area contributed by atoms with Gasteiger partial charge in [-0.1, -0.05) is 12.1 Å². The number of ether oxygens (including phenoxy) is 5. The van der Waals surface area contributed by atoms with Crippen molar-refractivity contribution in [2.75, 3.05) is 13.6 Å². The molecule has 2 aliphatic heterocycles. The molecule has 1 saturated heterocycles. The minimum absolute atomic E-state index is 0.173. The summed E-state index contributed by atoms with van der Waals surface area (Å²) >= 11 is 0. The number of piperidine rings is 1. The first-order valence-electron chi connectivity index (χ1n) is 15.8. The molecule has 0 saturated carbocycles. The Kier molecular flexibility index (Phi) is 8.80. The lowest BCUT2D eigenvalue weighted by Crippen LogP contribution is -2.74. The van der Waals surface area contributed by atoms with Crippen molar-refractivity contribution in [2.45, 2.75) is 127 Å². The zero-order valence-electron chi connectivity index (χ0n) is 27.6. The molecule has 5 atom stereocenters. The standard InChI is InChI=1S/C34H45NO11/c1-31(2,3)45-26(39)17-22(30(40)46-32(4,5)6)43-25(38)11-10-24(37)42-21-12-13-34(41)23-16-19-8-9-20(18-36)28-27(19)33(34,29(21)44-28)14-15-35(23)7/h8-9,12,22-23,29,36,41H,10-11,13-18H2,1-7H3/t22-,23+,29-,33-,34+/m0/s1. The molecule has 0 unspecified atom stereocenters. The zero-order valence-corrected chi connectivity index (χ0v) is 27.6. The Morgan fingerprint density at radius 2 is 1.70 bits per heavy atom. The highest BCUT2D eigenvalue weighted by Crippen LogP contribution is 2.64. The Balaban J connectivity index is 1.28. The van der Waals surface area contributed by atoms with Crippen LogP contribution in [0.15, 0.2) is 24.0 Å². The first kappa shape index (κ1) is 33.9. The van der Waals surface area contributed by atoms with Crippen molar-refractivity contribution >= 4 is 23.9 Å². The highest BCUT2D eigenvalue weighted by atomic mass is 16.6. The first-order chi connectivity index (χ1) is 21.4. The van der Waals surface area contributed by atoms with Gasteiger partial charge < -0.3 is 38.8 Å². The molecule has 0 radical (unpaired) electrons. The van der Waals surface area contributed by atoms with Crippen LogP contribution < -0.4 is 4.74 Å². The Hall–Kier alpha value is -3.48. The fourth-order valence-corrected chi connectivity index (χ4v) is 7.31. The molecule has 0 aromatic heterocycles. The third-order valence-electron chi connectivity index (χ3n) is 9.11. The summed E-state index contributed by atoms with van der Waals surface area (Å²) in [6, 6.07) is 3.64. The van der Waals surface area contributed by atoms with Gasteiger partial charge in [-0.25, -0.2) is 4.79 Å². The maximum Gasteiger partial charge on any atom is 0.348 e. The molecular weight excluding hydrogens is 598 g/mol. The van der Waals surface area contributed by atoms with E-state index in [0.717, 1.165) is 11.1 Å². The van der Waals surface area contributed by atoms with Crippen molar-refractivity contribution in [1.82, 2.24) is 4.90 Å². The number of likely N-dealkylation sites (tertiary alicyclic amines) is 1. The molecule has 2 bridgehead atoms. The van der Waals surface area contributed by atoms with Crippen LogP contribution in [0.25, 0.3) is 0 Å². The molecule has 1 fully saturated rings. The molecule has 5 rings (SSSR count). The van der Waals surface area contributed by atoms with Gasteiger partial charge in [0.1, 0.15) is 22.7 Å². The summed E-state index contributed by atoms with van der Waals surface area (Å²) in [7, 11) is 1.99. The van der Waals surface area contributed by atoms with Crippen LogP contribution in [0.3, 0.4) is 0 Å². The Morgan fingerprint density at radius 1 is 1.02 bits per heavy atom. The van der Waals surface area contributed by atoms with Crippen LogP contribution in [0.1, 0.15) is 90.3 Å². The number of nitrogens with zero attached hydrogens (tertiary/aromatic N) is 1. The van der Waals surface area contributed by atoms with E-state index in [1.807, 2.05) is 19.2 Å². The molecule has 2 heterocycles. The Bertz CT molecular complexity index is 1450. The van der Waals surface area contributed by atoms with Crippen LogP contribution >= 0.6 is 0 Å². The molecule has 1 spiro atoms. The molecule has 12 nitrogen and oxygen atoms in total. The van der Waals surface area contributed by atoms with E-state index in [4.69, 9.17) is 23.7 Å².